The molecule has 0 amide bonds. The first-order chi connectivity index (χ1) is 8.83. The third-order valence-electron chi connectivity index (χ3n) is 2.27. The van der Waals surface area contributed by atoms with Crippen LogP contribution in [0, 0.1) is 11.3 Å². The number of ether oxygens (including phenoxy) is 1. The Morgan fingerprint density at radius 3 is 2.78 bits per heavy atom. The molecule has 0 saturated heterocycles. The van der Waals surface area contributed by atoms with Crippen LogP contribution in [0.4, 0.5) is 5.82 Å². The smallest absolute Gasteiger partial charge is 0.212 e. The molecule has 2 rings (SSSR count). The molecule has 0 atom stereocenters. The van der Waals surface area contributed by atoms with Crippen LogP contribution in [0.15, 0.2) is 30.7 Å². The summed E-state index contributed by atoms with van der Waals surface area (Å²) >= 11 is 0. The Kier molecular flexibility index (Phi) is 3.66. The van der Waals surface area contributed by atoms with Crippen LogP contribution >= 0.6 is 0 Å². The molecule has 2 aromatic heterocycles. The van der Waals surface area contributed by atoms with Crippen LogP contribution < -0.4 is 10.1 Å². The van der Waals surface area contributed by atoms with Crippen molar-refractivity contribution in [2.24, 2.45) is 0 Å². The van der Waals surface area contributed by atoms with E-state index in [0.717, 1.165) is 5.56 Å². The lowest BCUT2D eigenvalue weighted by molar-refractivity contribution is 0.397. The van der Waals surface area contributed by atoms with Crippen molar-refractivity contribution >= 4 is 5.82 Å². The predicted octanol–water partition coefficient (Wildman–Crippen LogP) is 1.36. The highest BCUT2D eigenvalue weighted by Crippen LogP contribution is 2.10. The van der Waals surface area contributed by atoms with Crippen LogP contribution in [0.3, 0.4) is 0 Å². The van der Waals surface area contributed by atoms with Gasteiger partial charge in [0.15, 0.2) is 11.5 Å². The second-order valence-corrected chi connectivity index (χ2v) is 3.43. The van der Waals surface area contributed by atoms with E-state index in [0.29, 0.717) is 18.2 Å². The lowest BCUT2D eigenvalue weighted by Crippen LogP contribution is -2.04. The molecule has 6 heteroatoms. The Hall–Kier alpha value is -2.68. The average Bonchev–Trinajstić information content (AvgIpc) is 2.46. The van der Waals surface area contributed by atoms with Gasteiger partial charge in [0.2, 0.25) is 5.88 Å². The summed E-state index contributed by atoms with van der Waals surface area (Å²) in [5.41, 5.74) is 1.24. The van der Waals surface area contributed by atoms with Crippen LogP contribution in [0.1, 0.15) is 11.3 Å². The van der Waals surface area contributed by atoms with Gasteiger partial charge in [0.1, 0.15) is 6.07 Å². The third-order valence-corrected chi connectivity index (χ3v) is 2.27. The molecule has 18 heavy (non-hydrogen) atoms. The fourth-order valence-electron chi connectivity index (χ4n) is 1.37. The van der Waals surface area contributed by atoms with Crippen LogP contribution in [0.2, 0.25) is 0 Å². The molecule has 2 heterocycles. The van der Waals surface area contributed by atoms with Crippen LogP contribution in [-0.2, 0) is 6.54 Å². The van der Waals surface area contributed by atoms with Gasteiger partial charge in [0.25, 0.3) is 0 Å². The highest BCUT2D eigenvalue weighted by molar-refractivity contribution is 5.46. The van der Waals surface area contributed by atoms with Crippen molar-refractivity contribution in [2.45, 2.75) is 6.54 Å². The van der Waals surface area contributed by atoms with Crippen LogP contribution in [-0.4, -0.2) is 22.1 Å². The van der Waals surface area contributed by atoms with E-state index in [-0.39, 0.29) is 5.69 Å². The van der Waals surface area contributed by atoms with Gasteiger partial charge in [0.05, 0.1) is 7.11 Å². The molecule has 0 unspecified atom stereocenters. The van der Waals surface area contributed by atoms with E-state index in [1.54, 1.807) is 19.4 Å². The Labute approximate surface area is 104 Å². The van der Waals surface area contributed by atoms with Gasteiger partial charge in [-0.05, 0) is 5.56 Å². The molecule has 0 aliphatic heterocycles. The van der Waals surface area contributed by atoms with Gasteiger partial charge >= 0.3 is 0 Å². The molecule has 1 N–H and O–H groups in total. The normalized spacial score (nSPS) is 9.56. The second kappa shape index (κ2) is 5.59. The van der Waals surface area contributed by atoms with Crippen molar-refractivity contribution in [2.75, 3.05) is 12.4 Å². The number of rotatable bonds is 4. The SMILES string of the molecule is COc1ccc(CNc2nccnc2C#N)cn1. The highest BCUT2D eigenvalue weighted by atomic mass is 16.5. The molecule has 0 aromatic carbocycles. The summed E-state index contributed by atoms with van der Waals surface area (Å²) in [5, 5.41) is 11.9. The zero-order valence-corrected chi connectivity index (χ0v) is 9.79. The summed E-state index contributed by atoms with van der Waals surface area (Å²) in [6.07, 6.45) is 4.72. The second-order valence-electron chi connectivity index (χ2n) is 3.43. The summed E-state index contributed by atoms with van der Waals surface area (Å²) in [4.78, 5) is 12.1. The van der Waals surface area contributed by atoms with Crippen LogP contribution in [0.25, 0.3) is 0 Å². The fraction of sp³-hybridized carbons (Fsp3) is 0.167. The minimum atomic E-state index is 0.277. The lowest BCUT2D eigenvalue weighted by Gasteiger charge is -2.06. The van der Waals surface area contributed by atoms with Crippen molar-refractivity contribution in [1.82, 2.24) is 15.0 Å². The van der Waals surface area contributed by atoms with Gasteiger partial charge in [-0.15, -0.1) is 0 Å². The maximum Gasteiger partial charge on any atom is 0.212 e. The first kappa shape index (κ1) is 11.8. The van der Waals surface area contributed by atoms with E-state index in [1.165, 1.54) is 12.4 Å². The number of pyridine rings is 1. The van der Waals surface area contributed by atoms with Gasteiger partial charge < -0.3 is 10.1 Å². The van der Waals surface area contributed by atoms with Crippen molar-refractivity contribution in [3.63, 3.8) is 0 Å². The topological polar surface area (TPSA) is 83.7 Å². The van der Waals surface area contributed by atoms with E-state index in [9.17, 15) is 0 Å². The van der Waals surface area contributed by atoms with Crippen molar-refractivity contribution < 1.29 is 4.74 Å². The van der Waals surface area contributed by atoms with Crippen LogP contribution in [0.5, 0.6) is 5.88 Å². The first-order valence-electron chi connectivity index (χ1n) is 5.27. The number of hydrogen-bond donors (Lipinski definition) is 1. The standard InChI is InChI=1S/C12H11N5O/c1-18-11-3-2-9(7-16-11)8-17-12-10(6-13)14-4-5-15-12/h2-5,7H,8H2,1H3,(H,15,17). The molecule has 2 aromatic rings. The van der Waals surface area contributed by atoms with Gasteiger partial charge in [0, 0.05) is 31.2 Å². The first-order valence-corrected chi connectivity index (χ1v) is 5.27. The predicted molar refractivity (Wildman–Crippen MR) is 64.9 cm³/mol. The summed E-state index contributed by atoms with van der Waals surface area (Å²) in [6.45, 7) is 0.518. The van der Waals surface area contributed by atoms with E-state index >= 15 is 0 Å². The summed E-state index contributed by atoms with van der Waals surface area (Å²) < 4.78 is 4.97. The van der Waals surface area contributed by atoms with E-state index < -0.39 is 0 Å². The van der Waals surface area contributed by atoms with E-state index in [4.69, 9.17) is 10.00 Å². The largest absolute Gasteiger partial charge is 0.481 e. The van der Waals surface area contributed by atoms with E-state index in [1.807, 2.05) is 12.1 Å². The molecule has 0 aliphatic carbocycles. The molecule has 6 nitrogen and oxygen atoms in total. The minimum absolute atomic E-state index is 0.277. The minimum Gasteiger partial charge on any atom is -0.481 e. The monoisotopic (exact) mass is 241 g/mol. The highest BCUT2D eigenvalue weighted by Gasteiger charge is 2.03. The number of hydrogen-bond acceptors (Lipinski definition) is 6. The number of methoxy groups -OCH3 is 1. The Balaban J connectivity index is 2.05. The zero-order chi connectivity index (χ0) is 12.8. The Morgan fingerprint density at radius 1 is 1.28 bits per heavy atom. The molecular weight excluding hydrogens is 230 g/mol. The maximum absolute atomic E-state index is 8.86. The molecule has 0 bridgehead atoms. The third kappa shape index (κ3) is 2.71. The molecule has 0 aliphatic rings. The van der Waals surface area contributed by atoms with Crippen molar-refractivity contribution in [1.29, 1.82) is 5.26 Å². The van der Waals surface area contributed by atoms with Gasteiger partial charge in [-0.1, -0.05) is 6.07 Å². The quantitative estimate of drug-likeness (QED) is 0.870. The fourth-order valence-corrected chi connectivity index (χ4v) is 1.37. The molecule has 0 fully saturated rings. The van der Waals surface area contributed by atoms with Gasteiger partial charge in [-0.25, -0.2) is 15.0 Å². The Bertz CT molecular complexity index is 561. The van der Waals surface area contributed by atoms with Gasteiger partial charge in [-0.2, -0.15) is 5.26 Å². The Morgan fingerprint density at radius 2 is 2.11 bits per heavy atom. The molecule has 0 spiro atoms. The van der Waals surface area contributed by atoms with Gasteiger partial charge in [-0.3, -0.25) is 0 Å². The zero-order valence-electron chi connectivity index (χ0n) is 9.79. The average molecular weight is 241 g/mol. The molecule has 90 valence electrons. The van der Waals surface area contributed by atoms with Crippen molar-refractivity contribution in [3.8, 4) is 11.9 Å². The summed E-state index contributed by atoms with van der Waals surface area (Å²) in [6, 6.07) is 5.65. The van der Waals surface area contributed by atoms with Crippen molar-refractivity contribution in [3.05, 3.63) is 42.0 Å². The molecular formula is C12H11N5O. The van der Waals surface area contributed by atoms with E-state index in [2.05, 4.69) is 20.3 Å². The maximum atomic E-state index is 8.86. The summed E-state index contributed by atoms with van der Waals surface area (Å²) in [7, 11) is 1.57. The molecule has 0 radical (unpaired) electrons. The number of nitrogens with zero attached hydrogens (tertiary/aromatic N) is 4. The number of nitrogens with one attached hydrogen (secondary N) is 1. The lowest BCUT2D eigenvalue weighted by atomic mass is 10.3. The number of anilines is 1. The molecule has 0 saturated carbocycles. The number of aromatic nitrogens is 3. The summed E-state index contributed by atoms with van der Waals surface area (Å²) in [5.74, 6) is 1.03. The number of nitriles is 1.